The second kappa shape index (κ2) is 9.55. The van der Waals surface area contributed by atoms with Crippen LogP contribution >= 0.6 is 0 Å². The zero-order chi connectivity index (χ0) is 19.8. The Morgan fingerprint density at radius 3 is 2.54 bits per heavy atom. The van der Waals surface area contributed by atoms with Gasteiger partial charge in [0.15, 0.2) is 0 Å². The molecule has 0 aliphatic rings. The average Bonchev–Trinajstić information content (AvgIpc) is 2.70. The van der Waals surface area contributed by atoms with Crippen LogP contribution in [0.1, 0.15) is 16.7 Å². The van der Waals surface area contributed by atoms with Crippen LogP contribution in [0, 0.1) is 6.92 Å². The zero-order valence-corrected chi connectivity index (χ0v) is 16.2. The molecule has 2 N–H and O–H groups in total. The maximum atomic E-state index is 12.2. The number of pyridine rings is 1. The SMILES string of the molecule is COc1ccc(CCNc2ccc(NC(=O)Cc3cccc(C)c3)cn2)cc1. The molecule has 0 radical (unpaired) electrons. The Morgan fingerprint density at radius 2 is 1.86 bits per heavy atom. The number of ether oxygens (including phenoxy) is 1. The molecule has 0 aliphatic heterocycles. The van der Waals surface area contributed by atoms with Crippen molar-refractivity contribution < 1.29 is 9.53 Å². The number of aryl methyl sites for hydroxylation is 1. The van der Waals surface area contributed by atoms with Crippen LogP contribution in [-0.2, 0) is 17.6 Å². The van der Waals surface area contributed by atoms with Crippen molar-refractivity contribution in [2.45, 2.75) is 19.8 Å². The van der Waals surface area contributed by atoms with Crippen LogP contribution in [0.3, 0.4) is 0 Å². The van der Waals surface area contributed by atoms with Gasteiger partial charge in [0, 0.05) is 6.54 Å². The van der Waals surface area contributed by atoms with E-state index in [0.717, 1.165) is 35.7 Å². The summed E-state index contributed by atoms with van der Waals surface area (Å²) in [5, 5.41) is 6.18. The molecule has 0 aliphatic carbocycles. The summed E-state index contributed by atoms with van der Waals surface area (Å²) in [4.78, 5) is 16.6. The Morgan fingerprint density at radius 1 is 1.04 bits per heavy atom. The second-order valence-corrected chi connectivity index (χ2v) is 6.67. The fraction of sp³-hybridized carbons (Fsp3) is 0.217. The van der Waals surface area contributed by atoms with Gasteiger partial charge in [-0.2, -0.15) is 0 Å². The molecule has 3 rings (SSSR count). The molecule has 5 heteroatoms. The summed E-state index contributed by atoms with van der Waals surface area (Å²) in [7, 11) is 1.66. The number of methoxy groups -OCH3 is 1. The Hall–Kier alpha value is -3.34. The van der Waals surface area contributed by atoms with Crippen LogP contribution in [0.2, 0.25) is 0 Å². The van der Waals surface area contributed by atoms with Gasteiger partial charge in [0.2, 0.25) is 5.91 Å². The number of benzene rings is 2. The standard InChI is InChI=1S/C23H25N3O2/c1-17-4-3-5-19(14-17)15-23(27)26-20-8-11-22(25-16-20)24-13-12-18-6-9-21(28-2)10-7-18/h3-11,14,16H,12-13,15H2,1-2H3,(H,24,25)(H,26,27). The topological polar surface area (TPSA) is 63.2 Å². The molecule has 0 spiro atoms. The van der Waals surface area contributed by atoms with Crippen molar-refractivity contribution in [1.29, 1.82) is 0 Å². The third-order valence-electron chi connectivity index (χ3n) is 4.37. The lowest BCUT2D eigenvalue weighted by Gasteiger charge is -2.09. The lowest BCUT2D eigenvalue weighted by molar-refractivity contribution is -0.115. The van der Waals surface area contributed by atoms with Gasteiger partial charge in [-0.1, -0.05) is 42.0 Å². The number of hydrogen-bond acceptors (Lipinski definition) is 4. The van der Waals surface area contributed by atoms with Crippen molar-refractivity contribution in [3.8, 4) is 5.75 Å². The fourth-order valence-electron chi connectivity index (χ4n) is 2.91. The molecular formula is C23H25N3O2. The van der Waals surface area contributed by atoms with Crippen molar-refractivity contribution >= 4 is 17.4 Å². The number of aromatic nitrogens is 1. The predicted octanol–water partition coefficient (Wildman–Crippen LogP) is 4.23. The number of amides is 1. The Balaban J connectivity index is 1.45. The first-order valence-electron chi connectivity index (χ1n) is 9.30. The van der Waals surface area contributed by atoms with Gasteiger partial charge < -0.3 is 15.4 Å². The highest BCUT2D eigenvalue weighted by Gasteiger charge is 2.05. The first-order valence-corrected chi connectivity index (χ1v) is 9.30. The van der Waals surface area contributed by atoms with E-state index >= 15 is 0 Å². The van der Waals surface area contributed by atoms with E-state index in [9.17, 15) is 4.79 Å². The van der Waals surface area contributed by atoms with Gasteiger partial charge in [0.05, 0.1) is 25.4 Å². The molecule has 144 valence electrons. The lowest BCUT2D eigenvalue weighted by atomic mass is 10.1. The van der Waals surface area contributed by atoms with E-state index < -0.39 is 0 Å². The van der Waals surface area contributed by atoms with E-state index in [1.54, 1.807) is 13.3 Å². The van der Waals surface area contributed by atoms with E-state index in [1.165, 1.54) is 5.56 Å². The molecule has 0 bridgehead atoms. The summed E-state index contributed by atoms with van der Waals surface area (Å²) < 4.78 is 5.16. The molecule has 28 heavy (non-hydrogen) atoms. The largest absolute Gasteiger partial charge is 0.497 e. The molecule has 1 heterocycles. The molecule has 3 aromatic rings. The van der Waals surface area contributed by atoms with Gasteiger partial charge in [-0.25, -0.2) is 4.98 Å². The quantitative estimate of drug-likeness (QED) is 0.618. The summed E-state index contributed by atoms with van der Waals surface area (Å²) in [6, 6.07) is 19.7. The Kier molecular flexibility index (Phi) is 6.63. The summed E-state index contributed by atoms with van der Waals surface area (Å²) in [5.41, 5.74) is 4.08. The maximum absolute atomic E-state index is 12.2. The number of carbonyl (C=O) groups excluding carboxylic acids is 1. The monoisotopic (exact) mass is 375 g/mol. The Labute approximate surface area is 165 Å². The van der Waals surface area contributed by atoms with Crippen LogP contribution < -0.4 is 15.4 Å². The van der Waals surface area contributed by atoms with E-state index in [1.807, 2.05) is 55.5 Å². The first-order chi connectivity index (χ1) is 13.6. The van der Waals surface area contributed by atoms with Gasteiger partial charge >= 0.3 is 0 Å². The van der Waals surface area contributed by atoms with Gasteiger partial charge in [-0.3, -0.25) is 4.79 Å². The number of nitrogens with one attached hydrogen (secondary N) is 2. The third kappa shape index (κ3) is 5.84. The molecule has 1 aromatic heterocycles. The van der Waals surface area contributed by atoms with E-state index in [0.29, 0.717) is 12.1 Å². The number of carbonyl (C=O) groups is 1. The lowest BCUT2D eigenvalue weighted by Crippen LogP contribution is -2.14. The normalized spacial score (nSPS) is 10.4. The van der Waals surface area contributed by atoms with Crippen LogP contribution in [0.15, 0.2) is 66.9 Å². The van der Waals surface area contributed by atoms with Crippen LogP contribution in [-0.4, -0.2) is 24.5 Å². The van der Waals surface area contributed by atoms with Crippen LogP contribution in [0.25, 0.3) is 0 Å². The summed E-state index contributed by atoms with van der Waals surface area (Å²) >= 11 is 0. The minimum Gasteiger partial charge on any atom is -0.497 e. The second-order valence-electron chi connectivity index (χ2n) is 6.67. The van der Waals surface area contributed by atoms with E-state index in [4.69, 9.17) is 4.74 Å². The van der Waals surface area contributed by atoms with Crippen molar-refractivity contribution in [2.75, 3.05) is 24.3 Å². The minimum atomic E-state index is -0.0485. The van der Waals surface area contributed by atoms with E-state index in [-0.39, 0.29) is 5.91 Å². The highest BCUT2D eigenvalue weighted by molar-refractivity contribution is 5.92. The van der Waals surface area contributed by atoms with Gasteiger partial charge in [-0.05, 0) is 48.7 Å². The predicted molar refractivity (Wildman–Crippen MR) is 113 cm³/mol. The smallest absolute Gasteiger partial charge is 0.228 e. The molecular weight excluding hydrogens is 350 g/mol. The van der Waals surface area contributed by atoms with Crippen molar-refractivity contribution in [1.82, 2.24) is 4.98 Å². The van der Waals surface area contributed by atoms with Crippen LogP contribution in [0.5, 0.6) is 5.75 Å². The van der Waals surface area contributed by atoms with Crippen molar-refractivity contribution in [3.05, 3.63) is 83.6 Å². The van der Waals surface area contributed by atoms with Gasteiger partial charge in [0.1, 0.15) is 11.6 Å². The minimum absolute atomic E-state index is 0.0485. The molecule has 0 unspecified atom stereocenters. The number of nitrogens with zero attached hydrogens (tertiary/aromatic N) is 1. The summed E-state index contributed by atoms with van der Waals surface area (Å²) in [6.07, 6.45) is 2.91. The maximum Gasteiger partial charge on any atom is 0.228 e. The molecule has 0 saturated heterocycles. The molecule has 1 amide bonds. The average molecular weight is 375 g/mol. The van der Waals surface area contributed by atoms with Crippen molar-refractivity contribution in [2.24, 2.45) is 0 Å². The number of anilines is 2. The number of hydrogen-bond donors (Lipinski definition) is 2. The molecule has 0 atom stereocenters. The van der Waals surface area contributed by atoms with Gasteiger partial charge in [-0.15, -0.1) is 0 Å². The third-order valence-corrected chi connectivity index (χ3v) is 4.37. The van der Waals surface area contributed by atoms with E-state index in [2.05, 4.69) is 27.8 Å². The van der Waals surface area contributed by atoms with Crippen LogP contribution in [0.4, 0.5) is 11.5 Å². The van der Waals surface area contributed by atoms with Crippen molar-refractivity contribution in [3.63, 3.8) is 0 Å². The highest BCUT2D eigenvalue weighted by Crippen LogP contribution is 2.13. The number of rotatable bonds is 8. The molecule has 2 aromatic carbocycles. The Bertz CT molecular complexity index is 906. The summed E-state index contributed by atoms with van der Waals surface area (Å²) in [5.74, 6) is 1.59. The van der Waals surface area contributed by atoms with Gasteiger partial charge in [0.25, 0.3) is 0 Å². The highest BCUT2D eigenvalue weighted by atomic mass is 16.5. The molecule has 0 fully saturated rings. The molecule has 5 nitrogen and oxygen atoms in total. The fourth-order valence-corrected chi connectivity index (χ4v) is 2.91. The molecule has 0 saturated carbocycles. The zero-order valence-electron chi connectivity index (χ0n) is 16.2. The summed E-state index contributed by atoms with van der Waals surface area (Å²) in [6.45, 7) is 2.80. The first kappa shape index (κ1) is 19.4.